The molecule has 1 fully saturated rings. The van der Waals surface area contributed by atoms with Gasteiger partial charge >= 0.3 is 5.69 Å². The number of hydrogen-bond acceptors (Lipinski definition) is 3. The molecular formula is C17H23N3O3. The predicted molar refractivity (Wildman–Crippen MR) is 88.2 cm³/mol. The van der Waals surface area contributed by atoms with Crippen molar-refractivity contribution >= 4 is 16.9 Å². The largest absolute Gasteiger partial charge is 0.393 e. The van der Waals surface area contributed by atoms with Gasteiger partial charge < -0.3 is 20.0 Å². The molecule has 1 amide bonds. The van der Waals surface area contributed by atoms with Crippen LogP contribution in [0, 0.1) is 5.92 Å². The van der Waals surface area contributed by atoms with Gasteiger partial charge in [-0.2, -0.15) is 0 Å². The van der Waals surface area contributed by atoms with Gasteiger partial charge in [-0.3, -0.25) is 4.79 Å². The van der Waals surface area contributed by atoms with Crippen molar-refractivity contribution in [2.24, 2.45) is 5.92 Å². The van der Waals surface area contributed by atoms with E-state index in [0.29, 0.717) is 13.0 Å². The van der Waals surface area contributed by atoms with Crippen LogP contribution < -0.4 is 5.69 Å². The molecule has 0 aliphatic carbocycles. The highest BCUT2D eigenvalue weighted by Crippen LogP contribution is 2.21. The number of fused-ring (bicyclic) bond motifs is 1. The van der Waals surface area contributed by atoms with Crippen LogP contribution in [0.4, 0.5) is 0 Å². The molecule has 1 aromatic heterocycles. The number of H-pyrrole nitrogens is 2. The number of imidazole rings is 1. The second-order valence-electron chi connectivity index (χ2n) is 6.44. The number of aliphatic hydroxyl groups excluding tert-OH is 1. The Hall–Kier alpha value is -2.08. The molecule has 1 aliphatic heterocycles. The van der Waals surface area contributed by atoms with Crippen LogP contribution in [-0.2, 0) is 11.2 Å². The number of amides is 1. The van der Waals surface area contributed by atoms with Crippen molar-refractivity contribution in [1.82, 2.24) is 14.9 Å². The molecule has 23 heavy (non-hydrogen) atoms. The van der Waals surface area contributed by atoms with Crippen LogP contribution in [0.25, 0.3) is 11.0 Å². The minimum atomic E-state index is -0.344. The molecular weight excluding hydrogens is 294 g/mol. The van der Waals surface area contributed by atoms with Crippen molar-refractivity contribution < 1.29 is 9.90 Å². The van der Waals surface area contributed by atoms with Crippen molar-refractivity contribution in [3.8, 4) is 0 Å². The van der Waals surface area contributed by atoms with E-state index in [0.717, 1.165) is 42.4 Å². The van der Waals surface area contributed by atoms with Crippen molar-refractivity contribution in [2.45, 2.75) is 38.7 Å². The van der Waals surface area contributed by atoms with Crippen LogP contribution in [0.15, 0.2) is 23.0 Å². The molecule has 1 saturated heterocycles. The van der Waals surface area contributed by atoms with Gasteiger partial charge in [0, 0.05) is 25.4 Å². The predicted octanol–water partition coefficient (Wildman–Crippen LogP) is 1.41. The number of likely N-dealkylation sites (tertiary alicyclic amines) is 1. The van der Waals surface area contributed by atoms with Crippen molar-refractivity contribution in [2.75, 3.05) is 13.1 Å². The molecule has 124 valence electrons. The third-order valence-corrected chi connectivity index (χ3v) is 4.70. The summed E-state index contributed by atoms with van der Waals surface area (Å²) in [7, 11) is 0. The maximum absolute atomic E-state index is 12.2. The lowest BCUT2D eigenvalue weighted by molar-refractivity contribution is -0.130. The number of carbonyl (C=O) groups is 1. The van der Waals surface area contributed by atoms with Crippen molar-refractivity contribution in [3.05, 3.63) is 34.2 Å². The molecule has 2 unspecified atom stereocenters. The summed E-state index contributed by atoms with van der Waals surface area (Å²) in [5.41, 5.74) is 2.52. The zero-order valence-corrected chi connectivity index (χ0v) is 13.3. The Labute approximate surface area is 134 Å². The smallest absolute Gasteiger partial charge is 0.323 e. The van der Waals surface area contributed by atoms with Gasteiger partial charge in [0.1, 0.15) is 0 Å². The fourth-order valence-electron chi connectivity index (χ4n) is 3.24. The van der Waals surface area contributed by atoms with Crippen LogP contribution in [-0.4, -0.2) is 45.1 Å². The number of hydrogen-bond donors (Lipinski definition) is 3. The van der Waals surface area contributed by atoms with Crippen LogP contribution in [0.3, 0.4) is 0 Å². The topological polar surface area (TPSA) is 89.2 Å². The first-order chi connectivity index (χ1) is 11.0. The SMILES string of the molecule is CC(O)C1CCN(C(=O)CCCc2ccc3[nH]c(=O)[nH]c3c2)C1. The van der Waals surface area contributed by atoms with E-state index < -0.39 is 0 Å². The van der Waals surface area contributed by atoms with Gasteiger partial charge in [0.15, 0.2) is 0 Å². The van der Waals surface area contributed by atoms with Crippen molar-refractivity contribution in [1.29, 1.82) is 0 Å². The molecule has 1 aromatic carbocycles. The summed E-state index contributed by atoms with van der Waals surface area (Å²) in [4.78, 5) is 30.8. The van der Waals surface area contributed by atoms with E-state index in [1.54, 1.807) is 6.92 Å². The minimum absolute atomic E-state index is 0.171. The molecule has 3 N–H and O–H groups in total. The highest BCUT2D eigenvalue weighted by molar-refractivity contribution is 5.77. The quantitative estimate of drug-likeness (QED) is 0.779. The molecule has 1 aliphatic rings. The number of benzene rings is 1. The second-order valence-corrected chi connectivity index (χ2v) is 6.44. The summed E-state index contributed by atoms with van der Waals surface area (Å²) in [6.45, 7) is 3.22. The lowest BCUT2D eigenvalue weighted by Crippen LogP contribution is -2.30. The van der Waals surface area contributed by atoms with Crippen LogP contribution in [0.2, 0.25) is 0 Å². The molecule has 3 rings (SSSR count). The average Bonchev–Trinajstić information content (AvgIpc) is 3.12. The number of aryl methyl sites for hydroxylation is 1. The van der Waals surface area contributed by atoms with Gasteiger partial charge in [0.05, 0.1) is 17.1 Å². The Morgan fingerprint density at radius 2 is 2.17 bits per heavy atom. The van der Waals surface area contributed by atoms with Gasteiger partial charge in [0.25, 0.3) is 0 Å². The first-order valence-electron chi connectivity index (χ1n) is 8.19. The van der Waals surface area contributed by atoms with Gasteiger partial charge in [-0.15, -0.1) is 0 Å². The molecule has 0 radical (unpaired) electrons. The summed E-state index contributed by atoms with van der Waals surface area (Å²) in [6.07, 6.45) is 2.66. The third-order valence-electron chi connectivity index (χ3n) is 4.70. The number of rotatable bonds is 5. The van der Waals surface area contributed by atoms with E-state index in [-0.39, 0.29) is 23.6 Å². The van der Waals surface area contributed by atoms with Crippen LogP contribution in [0.5, 0.6) is 0 Å². The Morgan fingerprint density at radius 3 is 2.91 bits per heavy atom. The zero-order valence-electron chi connectivity index (χ0n) is 13.3. The third kappa shape index (κ3) is 3.64. The number of nitrogens with zero attached hydrogens (tertiary/aromatic N) is 1. The maximum atomic E-state index is 12.2. The van der Waals surface area contributed by atoms with Gasteiger partial charge in [0.2, 0.25) is 5.91 Å². The fraction of sp³-hybridized carbons (Fsp3) is 0.529. The number of aromatic amines is 2. The van der Waals surface area contributed by atoms with E-state index in [1.807, 2.05) is 23.1 Å². The second kappa shape index (κ2) is 6.58. The van der Waals surface area contributed by atoms with Gasteiger partial charge in [-0.1, -0.05) is 6.07 Å². The van der Waals surface area contributed by atoms with Crippen molar-refractivity contribution in [3.63, 3.8) is 0 Å². The van der Waals surface area contributed by atoms with E-state index in [9.17, 15) is 14.7 Å². The van der Waals surface area contributed by atoms with E-state index in [1.165, 1.54) is 0 Å². The summed E-state index contributed by atoms with van der Waals surface area (Å²) in [5, 5.41) is 9.60. The summed E-state index contributed by atoms with van der Waals surface area (Å²) in [5.74, 6) is 0.385. The van der Waals surface area contributed by atoms with Gasteiger partial charge in [-0.05, 0) is 43.9 Å². The first kappa shape index (κ1) is 15.8. The highest BCUT2D eigenvalue weighted by atomic mass is 16.3. The maximum Gasteiger partial charge on any atom is 0.323 e. The highest BCUT2D eigenvalue weighted by Gasteiger charge is 2.28. The average molecular weight is 317 g/mol. The molecule has 6 nitrogen and oxygen atoms in total. The normalized spacial score (nSPS) is 19.4. The summed E-state index contributed by atoms with van der Waals surface area (Å²) >= 11 is 0. The summed E-state index contributed by atoms with van der Waals surface area (Å²) < 4.78 is 0. The molecule has 0 spiro atoms. The molecule has 2 atom stereocenters. The van der Waals surface area contributed by atoms with E-state index in [2.05, 4.69) is 9.97 Å². The molecule has 6 heteroatoms. The standard InChI is InChI=1S/C17H23N3O3/c1-11(21)13-7-8-20(10-13)16(22)4-2-3-12-5-6-14-15(9-12)19-17(23)18-14/h5-6,9,11,13,21H,2-4,7-8,10H2,1H3,(H2,18,19,23). The fourth-order valence-corrected chi connectivity index (χ4v) is 3.24. The number of carbonyl (C=O) groups excluding carboxylic acids is 1. The summed E-state index contributed by atoms with van der Waals surface area (Å²) in [6, 6.07) is 5.82. The Bertz CT molecular complexity index is 747. The zero-order chi connectivity index (χ0) is 16.4. The van der Waals surface area contributed by atoms with Crippen LogP contribution in [0.1, 0.15) is 31.7 Å². The Balaban J connectivity index is 1.50. The number of aromatic nitrogens is 2. The van der Waals surface area contributed by atoms with Gasteiger partial charge in [-0.25, -0.2) is 4.79 Å². The first-order valence-corrected chi connectivity index (χ1v) is 8.19. The lowest BCUT2D eigenvalue weighted by atomic mass is 10.0. The molecule has 2 heterocycles. The van der Waals surface area contributed by atoms with Crippen LogP contribution >= 0.6 is 0 Å². The van der Waals surface area contributed by atoms with E-state index >= 15 is 0 Å². The van der Waals surface area contributed by atoms with E-state index in [4.69, 9.17) is 0 Å². The number of nitrogens with one attached hydrogen (secondary N) is 2. The molecule has 2 aromatic rings. The number of aliphatic hydroxyl groups is 1. The monoisotopic (exact) mass is 317 g/mol. The minimum Gasteiger partial charge on any atom is -0.393 e. The lowest BCUT2D eigenvalue weighted by Gasteiger charge is -2.17. The Kier molecular flexibility index (Phi) is 4.52. The molecule has 0 bridgehead atoms. The Morgan fingerprint density at radius 1 is 1.39 bits per heavy atom. The molecule has 0 saturated carbocycles.